The summed E-state index contributed by atoms with van der Waals surface area (Å²) in [7, 11) is 0. The molecule has 0 unspecified atom stereocenters. The Bertz CT molecular complexity index is 1050. The van der Waals surface area contributed by atoms with Crippen LogP contribution >= 0.6 is 0 Å². The van der Waals surface area contributed by atoms with Gasteiger partial charge in [0.05, 0.1) is 6.20 Å². The molecule has 0 aliphatic carbocycles. The standard InChI is InChI=1S/C19H15N5O/c1-13-4-2-9-20-17(13)23-19(25)15-7-5-14(6-8-15)16-12-22-24-11-3-10-21-18(16)24/h2-12H,1H3,(H,20,23,25). The van der Waals surface area contributed by atoms with Crippen LogP contribution in [0.3, 0.4) is 0 Å². The number of fused-ring (bicyclic) bond motifs is 1. The zero-order valence-corrected chi connectivity index (χ0v) is 13.5. The Morgan fingerprint density at radius 1 is 1.04 bits per heavy atom. The minimum Gasteiger partial charge on any atom is -0.306 e. The maximum Gasteiger partial charge on any atom is 0.256 e. The lowest BCUT2D eigenvalue weighted by Crippen LogP contribution is -2.13. The monoisotopic (exact) mass is 329 g/mol. The molecule has 0 aliphatic rings. The van der Waals surface area contributed by atoms with Gasteiger partial charge in [-0.1, -0.05) is 18.2 Å². The van der Waals surface area contributed by atoms with Crippen LogP contribution in [-0.2, 0) is 0 Å². The van der Waals surface area contributed by atoms with Crippen LogP contribution in [0.4, 0.5) is 5.82 Å². The Morgan fingerprint density at radius 2 is 1.84 bits per heavy atom. The van der Waals surface area contributed by atoms with Crippen LogP contribution < -0.4 is 5.32 Å². The third-order valence-electron chi connectivity index (χ3n) is 3.98. The predicted octanol–water partition coefficient (Wildman–Crippen LogP) is 3.35. The molecule has 0 aliphatic heterocycles. The Balaban J connectivity index is 1.60. The van der Waals surface area contributed by atoms with E-state index in [0.717, 1.165) is 22.3 Å². The van der Waals surface area contributed by atoms with Crippen molar-refractivity contribution in [2.45, 2.75) is 6.92 Å². The molecular formula is C19H15N5O. The molecule has 6 nitrogen and oxygen atoms in total. The number of benzene rings is 1. The second-order valence-electron chi connectivity index (χ2n) is 5.65. The Hall–Kier alpha value is -3.54. The molecule has 4 rings (SSSR count). The van der Waals surface area contributed by atoms with E-state index in [1.165, 1.54) is 0 Å². The smallest absolute Gasteiger partial charge is 0.256 e. The predicted molar refractivity (Wildman–Crippen MR) is 95.4 cm³/mol. The van der Waals surface area contributed by atoms with E-state index in [4.69, 9.17) is 0 Å². The maximum atomic E-state index is 12.4. The summed E-state index contributed by atoms with van der Waals surface area (Å²) in [6.45, 7) is 1.91. The first-order chi connectivity index (χ1) is 12.2. The average molecular weight is 329 g/mol. The number of hydrogen-bond donors (Lipinski definition) is 1. The molecule has 1 aromatic carbocycles. The van der Waals surface area contributed by atoms with Crippen LogP contribution in [0.25, 0.3) is 16.8 Å². The first-order valence-corrected chi connectivity index (χ1v) is 7.84. The fourth-order valence-corrected chi connectivity index (χ4v) is 2.63. The maximum absolute atomic E-state index is 12.4. The van der Waals surface area contributed by atoms with E-state index in [2.05, 4.69) is 20.4 Å². The van der Waals surface area contributed by atoms with E-state index in [9.17, 15) is 4.79 Å². The van der Waals surface area contributed by atoms with Crippen molar-refractivity contribution in [1.82, 2.24) is 19.6 Å². The summed E-state index contributed by atoms with van der Waals surface area (Å²) in [5.74, 6) is 0.384. The van der Waals surface area contributed by atoms with Gasteiger partial charge in [-0.15, -0.1) is 0 Å². The molecule has 122 valence electrons. The largest absolute Gasteiger partial charge is 0.306 e. The fraction of sp³-hybridized carbons (Fsp3) is 0.0526. The zero-order valence-electron chi connectivity index (χ0n) is 13.5. The van der Waals surface area contributed by atoms with Crippen LogP contribution in [0.5, 0.6) is 0 Å². The summed E-state index contributed by atoms with van der Waals surface area (Å²) in [4.78, 5) is 20.9. The lowest BCUT2D eigenvalue weighted by atomic mass is 10.1. The van der Waals surface area contributed by atoms with E-state index < -0.39 is 0 Å². The van der Waals surface area contributed by atoms with Gasteiger partial charge in [-0.05, 0) is 42.3 Å². The summed E-state index contributed by atoms with van der Waals surface area (Å²) >= 11 is 0. The van der Waals surface area contributed by atoms with Gasteiger partial charge in [0.25, 0.3) is 5.91 Å². The number of nitrogens with one attached hydrogen (secondary N) is 1. The molecule has 0 fully saturated rings. The molecule has 25 heavy (non-hydrogen) atoms. The van der Waals surface area contributed by atoms with E-state index in [0.29, 0.717) is 11.4 Å². The Labute approximate surface area is 144 Å². The van der Waals surface area contributed by atoms with Crippen LogP contribution in [0, 0.1) is 6.92 Å². The summed E-state index contributed by atoms with van der Waals surface area (Å²) in [6.07, 6.45) is 7.01. The van der Waals surface area contributed by atoms with Crippen molar-refractivity contribution >= 4 is 17.4 Å². The number of rotatable bonds is 3. The average Bonchev–Trinajstić information content (AvgIpc) is 3.08. The van der Waals surface area contributed by atoms with Crippen molar-refractivity contribution < 1.29 is 4.79 Å². The van der Waals surface area contributed by atoms with Gasteiger partial charge >= 0.3 is 0 Å². The molecule has 4 aromatic rings. The number of aryl methyl sites for hydroxylation is 1. The number of anilines is 1. The number of pyridine rings is 1. The molecule has 0 saturated carbocycles. The highest BCUT2D eigenvalue weighted by Gasteiger charge is 2.11. The van der Waals surface area contributed by atoms with Crippen molar-refractivity contribution in [3.63, 3.8) is 0 Å². The summed E-state index contributed by atoms with van der Waals surface area (Å²) in [5.41, 5.74) is 4.15. The van der Waals surface area contributed by atoms with Crippen molar-refractivity contribution in [3.8, 4) is 11.1 Å². The summed E-state index contributed by atoms with van der Waals surface area (Å²) < 4.78 is 1.72. The number of carbonyl (C=O) groups excluding carboxylic acids is 1. The van der Waals surface area contributed by atoms with Crippen LogP contribution in [0.15, 0.2) is 67.3 Å². The van der Waals surface area contributed by atoms with Gasteiger partial charge in [0.15, 0.2) is 5.65 Å². The highest BCUT2D eigenvalue weighted by atomic mass is 16.1. The summed E-state index contributed by atoms with van der Waals surface area (Å²) in [5, 5.41) is 7.12. The highest BCUT2D eigenvalue weighted by molar-refractivity contribution is 6.04. The van der Waals surface area contributed by atoms with E-state index in [-0.39, 0.29) is 5.91 Å². The molecular weight excluding hydrogens is 314 g/mol. The van der Waals surface area contributed by atoms with Gasteiger partial charge < -0.3 is 5.32 Å². The van der Waals surface area contributed by atoms with E-state index >= 15 is 0 Å². The number of nitrogens with zero attached hydrogens (tertiary/aromatic N) is 4. The van der Waals surface area contributed by atoms with Gasteiger partial charge in [0.1, 0.15) is 5.82 Å². The molecule has 0 spiro atoms. The molecule has 0 atom stereocenters. The van der Waals surface area contributed by atoms with Crippen molar-refractivity contribution in [2.75, 3.05) is 5.32 Å². The van der Waals surface area contributed by atoms with Crippen LogP contribution in [-0.4, -0.2) is 25.5 Å². The van der Waals surface area contributed by atoms with Gasteiger partial charge in [0.2, 0.25) is 0 Å². The Kier molecular flexibility index (Phi) is 3.70. The second-order valence-corrected chi connectivity index (χ2v) is 5.65. The minimum atomic E-state index is -0.189. The molecule has 3 heterocycles. The molecule has 1 amide bonds. The first kappa shape index (κ1) is 15.0. The van der Waals surface area contributed by atoms with Crippen LogP contribution in [0.1, 0.15) is 15.9 Å². The molecule has 0 saturated heterocycles. The normalized spacial score (nSPS) is 10.8. The summed E-state index contributed by atoms with van der Waals surface area (Å²) in [6, 6.07) is 12.9. The molecule has 6 heteroatoms. The lowest BCUT2D eigenvalue weighted by molar-refractivity contribution is 0.102. The molecule has 3 aromatic heterocycles. The molecule has 1 N–H and O–H groups in total. The van der Waals surface area contributed by atoms with E-state index in [1.807, 2.05) is 43.5 Å². The van der Waals surface area contributed by atoms with Crippen molar-refractivity contribution in [1.29, 1.82) is 0 Å². The topological polar surface area (TPSA) is 72.2 Å². The quantitative estimate of drug-likeness (QED) is 0.625. The SMILES string of the molecule is Cc1cccnc1NC(=O)c1ccc(-c2cnn3cccnc23)cc1. The van der Waals surface area contributed by atoms with Gasteiger partial charge in [0, 0.05) is 29.7 Å². The van der Waals surface area contributed by atoms with Gasteiger partial charge in [-0.3, -0.25) is 4.79 Å². The Morgan fingerprint density at radius 3 is 2.64 bits per heavy atom. The van der Waals surface area contributed by atoms with Gasteiger partial charge in [-0.2, -0.15) is 5.10 Å². The van der Waals surface area contributed by atoms with Crippen molar-refractivity contribution in [3.05, 3.63) is 78.4 Å². The third-order valence-corrected chi connectivity index (χ3v) is 3.98. The number of hydrogen-bond acceptors (Lipinski definition) is 4. The number of carbonyl (C=O) groups is 1. The lowest BCUT2D eigenvalue weighted by Gasteiger charge is -2.07. The van der Waals surface area contributed by atoms with E-state index in [1.54, 1.807) is 35.2 Å². The third kappa shape index (κ3) is 2.85. The van der Waals surface area contributed by atoms with Gasteiger partial charge in [-0.25, -0.2) is 14.5 Å². The molecule has 0 radical (unpaired) electrons. The molecule has 0 bridgehead atoms. The zero-order chi connectivity index (χ0) is 17.2. The van der Waals surface area contributed by atoms with Crippen molar-refractivity contribution in [2.24, 2.45) is 0 Å². The van der Waals surface area contributed by atoms with Crippen LogP contribution in [0.2, 0.25) is 0 Å². The first-order valence-electron chi connectivity index (χ1n) is 7.84. The second kappa shape index (κ2) is 6.16. The number of amides is 1. The fourth-order valence-electron chi connectivity index (χ4n) is 2.63. The minimum absolute atomic E-state index is 0.189. The highest BCUT2D eigenvalue weighted by Crippen LogP contribution is 2.23. The number of aromatic nitrogens is 4.